The van der Waals surface area contributed by atoms with E-state index in [0.717, 1.165) is 12.3 Å². The summed E-state index contributed by atoms with van der Waals surface area (Å²) in [5, 5.41) is 0.298. The normalized spacial score (nSPS) is 10.4. The molecule has 0 spiro atoms. The van der Waals surface area contributed by atoms with Gasteiger partial charge in [-0.15, -0.1) is 0 Å². The molecule has 5 heteroatoms. The van der Waals surface area contributed by atoms with E-state index in [1.807, 2.05) is 0 Å². The summed E-state index contributed by atoms with van der Waals surface area (Å²) in [7, 11) is 1.43. The van der Waals surface area contributed by atoms with Crippen LogP contribution in [0.3, 0.4) is 0 Å². The van der Waals surface area contributed by atoms with Crippen molar-refractivity contribution >= 4 is 11.6 Å². The van der Waals surface area contributed by atoms with Gasteiger partial charge in [0.05, 0.1) is 13.3 Å². The molecule has 0 unspecified atom stereocenters. The van der Waals surface area contributed by atoms with Crippen molar-refractivity contribution in [3.8, 4) is 17.0 Å². The Kier molecular flexibility index (Phi) is 3.24. The van der Waals surface area contributed by atoms with Crippen LogP contribution < -0.4 is 4.74 Å². The first-order valence-electron chi connectivity index (χ1n) is 4.68. The van der Waals surface area contributed by atoms with Crippen LogP contribution in [0.5, 0.6) is 5.75 Å². The summed E-state index contributed by atoms with van der Waals surface area (Å²) < 4.78 is 31.4. The molecular formula is C12H7ClF2NO. The van der Waals surface area contributed by atoms with Crippen molar-refractivity contribution < 1.29 is 13.5 Å². The van der Waals surface area contributed by atoms with E-state index in [-0.39, 0.29) is 5.69 Å². The summed E-state index contributed by atoms with van der Waals surface area (Å²) in [4.78, 5) is 3.70. The Balaban J connectivity index is 2.62. The summed E-state index contributed by atoms with van der Waals surface area (Å²) in [6.45, 7) is 0. The Morgan fingerprint density at radius 1 is 1.35 bits per heavy atom. The van der Waals surface area contributed by atoms with Crippen LogP contribution >= 0.6 is 11.6 Å². The van der Waals surface area contributed by atoms with Gasteiger partial charge in [-0.2, -0.15) is 0 Å². The number of rotatable bonds is 2. The predicted octanol–water partition coefficient (Wildman–Crippen LogP) is 3.49. The molecule has 0 saturated carbocycles. The van der Waals surface area contributed by atoms with E-state index in [4.69, 9.17) is 16.3 Å². The van der Waals surface area contributed by atoms with Crippen molar-refractivity contribution in [3.05, 3.63) is 47.1 Å². The third-order valence-corrected chi connectivity index (χ3v) is 2.38. The largest absolute Gasteiger partial charge is 0.496 e. The number of aromatic nitrogens is 1. The maximum Gasteiger partial charge on any atom is 0.152 e. The molecule has 0 aliphatic heterocycles. The van der Waals surface area contributed by atoms with Crippen LogP contribution in [-0.4, -0.2) is 12.1 Å². The van der Waals surface area contributed by atoms with Crippen molar-refractivity contribution in [2.24, 2.45) is 0 Å². The molecule has 2 nitrogen and oxygen atoms in total. The fraction of sp³-hybridized carbons (Fsp3) is 0.0833. The molecule has 17 heavy (non-hydrogen) atoms. The van der Waals surface area contributed by atoms with E-state index in [1.54, 1.807) is 0 Å². The molecule has 0 bridgehead atoms. The second kappa shape index (κ2) is 4.67. The van der Waals surface area contributed by atoms with Crippen LogP contribution in [-0.2, 0) is 0 Å². The number of halogens is 3. The Bertz CT molecular complexity index is 560. The minimum Gasteiger partial charge on any atom is -0.496 e. The van der Waals surface area contributed by atoms with E-state index in [9.17, 15) is 8.78 Å². The van der Waals surface area contributed by atoms with Crippen molar-refractivity contribution in [3.63, 3.8) is 0 Å². The molecule has 0 saturated heterocycles. The summed E-state index contributed by atoms with van der Waals surface area (Å²) in [5.74, 6) is -1.14. The van der Waals surface area contributed by atoms with Gasteiger partial charge in [0, 0.05) is 22.7 Å². The second-order valence-electron chi connectivity index (χ2n) is 3.25. The second-order valence-corrected chi connectivity index (χ2v) is 3.65. The van der Waals surface area contributed by atoms with Gasteiger partial charge in [0.25, 0.3) is 0 Å². The first-order chi connectivity index (χ1) is 8.11. The molecule has 1 aromatic carbocycles. The number of methoxy groups -OCH3 is 1. The van der Waals surface area contributed by atoms with E-state index in [1.165, 1.54) is 19.2 Å². The number of ether oxygens (including phenoxy) is 1. The van der Waals surface area contributed by atoms with Gasteiger partial charge in [-0.3, -0.25) is 0 Å². The van der Waals surface area contributed by atoms with Gasteiger partial charge in [-0.05, 0) is 12.1 Å². The van der Waals surface area contributed by atoms with Crippen molar-refractivity contribution in [1.82, 2.24) is 4.98 Å². The zero-order chi connectivity index (χ0) is 12.4. The first kappa shape index (κ1) is 11.8. The number of benzene rings is 1. The lowest BCUT2D eigenvalue weighted by Crippen LogP contribution is -1.94. The smallest absolute Gasteiger partial charge is 0.152 e. The van der Waals surface area contributed by atoms with Gasteiger partial charge in [-0.25, -0.2) is 13.8 Å². The Morgan fingerprint density at radius 3 is 2.76 bits per heavy atom. The molecule has 87 valence electrons. The third-order valence-electron chi connectivity index (χ3n) is 2.16. The van der Waals surface area contributed by atoms with Crippen LogP contribution in [0.25, 0.3) is 11.3 Å². The molecular weight excluding hydrogens is 248 g/mol. The van der Waals surface area contributed by atoms with Gasteiger partial charge in [0.1, 0.15) is 17.3 Å². The lowest BCUT2D eigenvalue weighted by atomic mass is 10.1. The van der Waals surface area contributed by atoms with Gasteiger partial charge >= 0.3 is 0 Å². The Morgan fingerprint density at radius 2 is 2.12 bits per heavy atom. The van der Waals surface area contributed by atoms with Gasteiger partial charge in [-0.1, -0.05) is 11.6 Å². The molecule has 0 fully saturated rings. The van der Waals surface area contributed by atoms with Gasteiger partial charge in [0.15, 0.2) is 5.82 Å². The lowest BCUT2D eigenvalue weighted by molar-refractivity contribution is 0.416. The first-order valence-corrected chi connectivity index (χ1v) is 5.06. The van der Waals surface area contributed by atoms with Crippen LogP contribution in [0.4, 0.5) is 8.78 Å². The number of nitrogens with zero attached hydrogens (tertiary/aromatic N) is 1. The van der Waals surface area contributed by atoms with Crippen LogP contribution in [0, 0.1) is 17.7 Å². The monoisotopic (exact) mass is 254 g/mol. The molecule has 1 aromatic heterocycles. The topological polar surface area (TPSA) is 22.1 Å². The highest BCUT2D eigenvalue weighted by molar-refractivity contribution is 6.30. The van der Waals surface area contributed by atoms with E-state index in [2.05, 4.69) is 11.1 Å². The van der Waals surface area contributed by atoms with Crippen LogP contribution in [0.2, 0.25) is 5.02 Å². The molecule has 1 heterocycles. The Hall–Kier alpha value is -1.68. The van der Waals surface area contributed by atoms with Crippen molar-refractivity contribution in [1.29, 1.82) is 0 Å². The van der Waals surface area contributed by atoms with Gasteiger partial charge in [0.2, 0.25) is 0 Å². The summed E-state index contributed by atoms with van der Waals surface area (Å²) in [5.41, 5.74) is 0.341. The van der Waals surface area contributed by atoms with Crippen molar-refractivity contribution in [2.75, 3.05) is 7.11 Å². The zero-order valence-electron chi connectivity index (χ0n) is 8.80. The zero-order valence-corrected chi connectivity index (χ0v) is 9.55. The third kappa shape index (κ3) is 2.36. The molecule has 1 radical (unpaired) electrons. The van der Waals surface area contributed by atoms with Crippen LogP contribution in [0.1, 0.15) is 0 Å². The lowest BCUT2D eigenvalue weighted by Gasteiger charge is -2.08. The summed E-state index contributed by atoms with van der Waals surface area (Å²) in [6.07, 6.45) is 0.933. The summed E-state index contributed by atoms with van der Waals surface area (Å²) in [6, 6.07) is 6.40. The minimum atomic E-state index is -0.773. The standard InChI is InChI=1S/C12H7ClF2NO/c1-17-11-3-2-7(13)4-9(11)12-10(15)5-8(14)6-16-12/h3-6H,1H3. The average molecular weight is 255 g/mol. The highest BCUT2D eigenvalue weighted by Gasteiger charge is 2.13. The molecule has 2 rings (SSSR count). The minimum absolute atomic E-state index is 0.0147. The highest BCUT2D eigenvalue weighted by atomic mass is 35.5. The average Bonchev–Trinajstić information content (AvgIpc) is 2.29. The maximum absolute atomic E-state index is 13.6. The highest BCUT2D eigenvalue weighted by Crippen LogP contribution is 2.32. The van der Waals surface area contributed by atoms with Gasteiger partial charge < -0.3 is 4.74 Å². The fourth-order valence-corrected chi connectivity index (χ4v) is 1.58. The Labute approximate surface area is 102 Å². The quantitative estimate of drug-likeness (QED) is 0.818. The molecule has 0 aliphatic rings. The van der Waals surface area contributed by atoms with E-state index < -0.39 is 11.6 Å². The van der Waals surface area contributed by atoms with E-state index in [0.29, 0.717) is 16.3 Å². The number of hydrogen-bond acceptors (Lipinski definition) is 2. The predicted molar refractivity (Wildman–Crippen MR) is 60.0 cm³/mol. The summed E-state index contributed by atoms with van der Waals surface area (Å²) >= 11 is 5.77. The number of pyridine rings is 1. The molecule has 0 atom stereocenters. The number of hydrogen-bond donors (Lipinski definition) is 0. The van der Waals surface area contributed by atoms with Crippen LogP contribution in [0.15, 0.2) is 24.4 Å². The van der Waals surface area contributed by atoms with E-state index >= 15 is 0 Å². The molecule has 0 aliphatic carbocycles. The maximum atomic E-state index is 13.6. The fourth-order valence-electron chi connectivity index (χ4n) is 1.42. The van der Waals surface area contributed by atoms with Crippen molar-refractivity contribution in [2.45, 2.75) is 0 Å². The molecule has 2 aromatic rings. The molecule has 0 amide bonds. The SMILES string of the molecule is COc1c[c]c(Cl)cc1-c1ncc(F)cc1F. The molecule has 0 N–H and O–H groups in total.